The van der Waals surface area contributed by atoms with E-state index >= 15 is 0 Å². The number of carbonyl (C=O) groups excluding carboxylic acids is 1. The topological polar surface area (TPSA) is 87.8 Å². The van der Waals surface area contributed by atoms with Crippen molar-refractivity contribution in [2.24, 2.45) is 0 Å². The van der Waals surface area contributed by atoms with Crippen molar-refractivity contribution in [2.45, 2.75) is 18.5 Å². The Bertz CT molecular complexity index is 1140. The van der Waals surface area contributed by atoms with Crippen molar-refractivity contribution < 1.29 is 4.79 Å². The highest BCUT2D eigenvalue weighted by Crippen LogP contribution is 2.26. The van der Waals surface area contributed by atoms with Gasteiger partial charge in [0.15, 0.2) is 5.16 Å². The monoisotopic (exact) mass is 412 g/mol. The van der Waals surface area contributed by atoms with Crippen molar-refractivity contribution in [1.82, 2.24) is 14.9 Å². The lowest BCUT2D eigenvalue weighted by Gasteiger charge is -2.15. The number of aromatic nitrogens is 2. The first-order valence-corrected chi connectivity index (χ1v) is 9.93. The predicted octanol–water partition coefficient (Wildman–Crippen LogP) is 3.47. The summed E-state index contributed by atoms with van der Waals surface area (Å²) >= 11 is 7.42. The van der Waals surface area contributed by atoms with E-state index in [1.54, 1.807) is 36.4 Å². The van der Waals surface area contributed by atoms with Crippen LogP contribution in [0.25, 0.3) is 16.6 Å². The molecule has 142 valence electrons. The Balaban J connectivity index is 2.05. The number of fused-ring (bicyclic) bond motifs is 1. The molecule has 0 bridgehead atoms. The first kappa shape index (κ1) is 19.9. The van der Waals surface area contributed by atoms with E-state index in [0.717, 1.165) is 5.56 Å². The van der Waals surface area contributed by atoms with Crippen molar-refractivity contribution in [3.63, 3.8) is 0 Å². The molecule has 1 N–H and O–H groups in total. The second kappa shape index (κ2) is 8.91. The number of hydrogen-bond donors (Lipinski definition) is 1. The summed E-state index contributed by atoms with van der Waals surface area (Å²) < 4.78 is 1.50. The van der Waals surface area contributed by atoms with Gasteiger partial charge in [-0.3, -0.25) is 14.2 Å². The van der Waals surface area contributed by atoms with Gasteiger partial charge in [0.2, 0.25) is 5.91 Å². The first-order chi connectivity index (χ1) is 13.5. The Kier molecular flexibility index (Phi) is 6.34. The average molecular weight is 413 g/mol. The molecule has 8 heteroatoms. The van der Waals surface area contributed by atoms with Crippen LogP contribution < -0.4 is 10.9 Å². The lowest BCUT2D eigenvalue weighted by Crippen LogP contribution is -2.27. The fraction of sp³-hybridized carbons (Fsp3) is 0.200. The van der Waals surface area contributed by atoms with Crippen molar-refractivity contribution in [1.29, 1.82) is 5.26 Å². The van der Waals surface area contributed by atoms with Crippen LogP contribution in [0.2, 0.25) is 5.02 Å². The van der Waals surface area contributed by atoms with Gasteiger partial charge in [0.25, 0.3) is 5.56 Å². The number of para-hydroxylation sites is 1. The summed E-state index contributed by atoms with van der Waals surface area (Å²) in [5.74, 6) is -0.146. The summed E-state index contributed by atoms with van der Waals surface area (Å²) in [5, 5.41) is 12.7. The molecule has 1 amide bonds. The number of benzene rings is 2. The van der Waals surface area contributed by atoms with Gasteiger partial charge in [0.05, 0.1) is 34.8 Å². The van der Waals surface area contributed by atoms with Crippen LogP contribution in [0, 0.1) is 18.3 Å². The summed E-state index contributed by atoms with van der Waals surface area (Å²) in [7, 11) is 0. The number of thioether (sulfide) groups is 1. The zero-order valence-corrected chi connectivity index (χ0v) is 16.7. The average Bonchev–Trinajstić information content (AvgIpc) is 2.69. The molecule has 3 rings (SSSR count). The van der Waals surface area contributed by atoms with Crippen molar-refractivity contribution in [3.05, 3.63) is 63.4 Å². The van der Waals surface area contributed by atoms with Crippen LogP contribution in [-0.4, -0.2) is 27.8 Å². The smallest absolute Gasteiger partial charge is 0.266 e. The van der Waals surface area contributed by atoms with Gasteiger partial charge in [-0.2, -0.15) is 5.26 Å². The normalized spacial score (nSPS) is 10.6. The molecule has 3 aromatic rings. The number of nitriles is 1. The van der Waals surface area contributed by atoms with Crippen molar-refractivity contribution >= 4 is 40.2 Å². The third-order valence-corrected chi connectivity index (χ3v) is 5.46. The highest BCUT2D eigenvalue weighted by molar-refractivity contribution is 7.99. The van der Waals surface area contributed by atoms with E-state index in [-0.39, 0.29) is 23.6 Å². The minimum absolute atomic E-state index is 0.0792. The second-order valence-electron chi connectivity index (χ2n) is 5.98. The number of nitrogens with one attached hydrogen (secondary N) is 1. The number of halogens is 1. The van der Waals surface area contributed by atoms with Crippen LogP contribution in [0.3, 0.4) is 0 Å². The number of hydrogen-bond acceptors (Lipinski definition) is 5. The lowest BCUT2D eigenvalue weighted by atomic mass is 10.2. The molecular formula is C20H17ClN4O2S. The number of nitrogens with zero attached hydrogens (tertiary/aromatic N) is 3. The van der Waals surface area contributed by atoms with E-state index in [4.69, 9.17) is 16.9 Å². The van der Waals surface area contributed by atoms with Gasteiger partial charge in [-0.15, -0.1) is 0 Å². The fourth-order valence-corrected chi connectivity index (χ4v) is 3.70. The molecule has 0 atom stereocenters. The summed E-state index contributed by atoms with van der Waals surface area (Å²) in [5.41, 5.74) is 1.73. The first-order valence-electron chi connectivity index (χ1n) is 8.56. The second-order valence-corrected chi connectivity index (χ2v) is 7.33. The number of rotatable bonds is 6. The van der Waals surface area contributed by atoms with E-state index in [1.165, 1.54) is 16.3 Å². The minimum Gasteiger partial charge on any atom is -0.354 e. The molecule has 0 aliphatic rings. The number of amides is 1. The summed E-state index contributed by atoms with van der Waals surface area (Å²) in [4.78, 5) is 29.8. The predicted molar refractivity (Wildman–Crippen MR) is 111 cm³/mol. The van der Waals surface area contributed by atoms with Crippen LogP contribution >= 0.6 is 23.4 Å². The van der Waals surface area contributed by atoms with E-state index in [1.807, 2.05) is 19.1 Å². The molecule has 0 aliphatic carbocycles. The quantitative estimate of drug-likeness (QED) is 0.380. The summed E-state index contributed by atoms with van der Waals surface area (Å²) in [6.07, 6.45) is 0.247. The molecule has 0 saturated heterocycles. The maximum Gasteiger partial charge on any atom is 0.266 e. The third-order valence-electron chi connectivity index (χ3n) is 4.12. The molecule has 2 aromatic carbocycles. The minimum atomic E-state index is -0.225. The molecule has 1 aromatic heterocycles. The molecule has 1 heterocycles. The van der Waals surface area contributed by atoms with Gasteiger partial charge >= 0.3 is 0 Å². The van der Waals surface area contributed by atoms with Crippen LogP contribution in [0.15, 0.2) is 52.4 Å². The Morgan fingerprint density at radius 1 is 1.29 bits per heavy atom. The SMILES string of the molecule is Cc1c(Cl)cccc1-n1c(SCC(=O)NCCC#N)nc2ccccc2c1=O. The Hall–Kier alpha value is -2.82. The van der Waals surface area contributed by atoms with E-state index < -0.39 is 0 Å². The molecule has 0 spiro atoms. The van der Waals surface area contributed by atoms with Gasteiger partial charge in [0.1, 0.15) is 0 Å². The summed E-state index contributed by atoms with van der Waals surface area (Å²) in [6, 6.07) is 14.4. The van der Waals surface area contributed by atoms with Gasteiger partial charge in [0, 0.05) is 11.6 Å². The molecular weight excluding hydrogens is 396 g/mol. The maximum atomic E-state index is 13.2. The maximum absolute atomic E-state index is 13.2. The van der Waals surface area contributed by atoms with Gasteiger partial charge in [-0.1, -0.05) is 41.6 Å². The zero-order chi connectivity index (χ0) is 20.1. The molecule has 0 aliphatic heterocycles. The van der Waals surface area contributed by atoms with Gasteiger partial charge in [-0.05, 0) is 36.8 Å². The Labute approximate surface area is 171 Å². The molecule has 0 saturated carbocycles. The van der Waals surface area contributed by atoms with E-state index in [0.29, 0.717) is 33.3 Å². The van der Waals surface area contributed by atoms with Crippen LogP contribution in [0.1, 0.15) is 12.0 Å². The summed E-state index contributed by atoms with van der Waals surface area (Å²) in [6.45, 7) is 2.13. The van der Waals surface area contributed by atoms with E-state index in [2.05, 4.69) is 10.3 Å². The zero-order valence-electron chi connectivity index (χ0n) is 15.1. The molecule has 0 fully saturated rings. The highest BCUT2D eigenvalue weighted by atomic mass is 35.5. The number of carbonyl (C=O) groups is 1. The largest absolute Gasteiger partial charge is 0.354 e. The van der Waals surface area contributed by atoms with Gasteiger partial charge in [-0.25, -0.2) is 4.98 Å². The van der Waals surface area contributed by atoms with Crippen LogP contribution in [-0.2, 0) is 4.79 Å². The highest BCUT2D eigenvalue weighted by Gasteiger charge is 2.16. The van der Waals surface area contributed by atoms with Crippen LogP contribution in [0.5, 0.6) is 0 Å². The third kappa shape index (κ3) is 4.19. The fourth-order valence-electron chi connectivity index (χ4n) is 2.70. The standard InChI is InChI=1S/C20H17ClN4O2S/c1-13-15(21)7-4-9-17(13)25-19(27)14-6-2-3-8-16(14)24-20(25)28-12-18(26)23-11-5-10-22/h2-4,6-9H,5,11-12H2,1H3,(H,23,26). The van der Waals surface area contributed by atoms with Gasteiger partial charge < -0.3 is 5.32 Å². The molecule has 0 unspecified atom stereocenters. The van der Waals surface area contributed by atoms with Crippen molar-refractivity contribution in [3.8, 4) is 11.8 Å². The molecule has 6 nitrogen and oxygen atoms in total. The Morgan fingerprint density at radius 2 is 2.07 bits per heavy atom. The lowest BCUT2D eigenvalue weighted by molar-refractivity contribution is -0.118. The van der Waals surface area contributed by atoms with E-state index in [9.17, 15) is 9.59 Å². The van der Waals surface area contributed by atoms with Crippen molar-refractivity contribution in [2.75, 3.05) is 12.3 Å². The molecule has 0 radical (unpaired) electrons. The molecule has 28 heavy (non-hydrogen) atoms. The van der Waals surface area contributed by atoms with Crippen LogP contribution in [0.4, 0.5) is 0 Å². The Morgan fingerprint density at radius 3 is 2.86 bits per heavy atom.